The first-order chi connectivity index (χ1) is 13.1. The zero-order valence-electron chi connectivity index (χ0n) is 15.2. The molecular formula is C20H21N3O3S. The quantitative estimate of drug-likeness (QED) is 0.486. The molecule has 2 aromatic rings. The molecule has 1 heterocycles. The second-order valence-corrected chi connectivity index (χ2v) is 7.04. The Morgan fingerprint density at radius 1 is 1.19 bits per heavy atom. The van der Waals surface area contributed by atoms with Crippen molar-refractivity contribution in [3.8, 4) is 5.75 Å². The first-order valence-corrected chi connectivity index (χ1v) is 9.54. The lowest BCUT2D eigenvalue weighted by molar-refractivity contribution is -0.121. The van der Waals surface area contributed by atoms with Gasteiger partial charge in [-0.1, -0.05) is 30.0 Å². The lowest BCUT2D eigenvalue weighted by atomic mass is 10.3. The molecule has 7 heteroatoms. The van der Waals surface area contributed by atoms with Gasteiger partial charge in [0.15, 0.2) is 5.17 Å². The van der Waals surface area contributed by atoms with Crippen LogP contribution in [0.4, 0.5) is 11.4 Å². The molecule has 1 atom stereocenters. The number of ether oxygens (including phenoxy) is 1. The summed E-state index contributed by atoms with van der Waals surface area (Å²) in [4.78, 5) is 30.9. The van der Waals surface area contributed by atoms with Crippen LogP contribution in [-0.4, -0.2) is 35.9 Å². The highest BCUT2D eigenvalue weighted by Crippen LogP contribution is 2.30. The van der Waals surface area contributed by atoms with Crippen LogP contribution >= 0.6 is 11.8 Å². The Kier molecular flexibility index (Phi) is 6.13. The van der Waals surface area contributed by atoms with Gasteiger partial charge in [0.2, 0.25) is 11.8 Å². The number of nitrogens with zero attached hydrogens (tertiary/aromatic N) is 2. The van der Waals surface area contributed by atoms with Gasteiger partial charge in [-0.05, 0) is 43.3 Å². The van der Waals surface area contributed by atoms with E-state index in [2.05, 4.69) is 10.3 Å². The minimum atomic E-state index is -0.492. The molecule has 6 nitrogen and oxygen atoms in total. The van der Waals surface area contributed by atoms with Gasteiger partial charge in [0.25, 0.3) is 0 Å². The van der Waals surface area contributed by atoms with Crippen LogP contribution in [0.15, 0.2) is 59.6 Å². The first-order valence-electron chi connectivity index (χ1n) is 8.66. The van der Waals surface area contributed by atoms with E-state index >= 15 is 0 Å². The summed E-state index contributed by atoms with van der Waals surface area (Å²) >= 11 is 1.29. The number of benzene rings is 2. The molecule has 2 aromatic carbocycles. The van der Waals surface area contributed by atoms with Gasteiger partial charge < -0.3 is 10.1 Å². The second kappa shape index (κ2) is 8.73. The number of anilines is 2. The highest BCUT2D eigenvalue weighted by atomic mass is 32.2. The summed E-state index contributed by atoms with van der Waals surface area (Å²) in [5.41, 5.74) is 1.44. The number of hydrogen-bond acceptors (Lipinski definition) is 5. The van der Waals surface area contributed by atoms with Crippen molar-refractivity contribution in [2.75, 3.05) is 23.9 Å². The number of amides is 2. The normalized spacial score (nSPS) is 17.3. The number of thioether (sulfide) groups is 1. The molecule has 1 saturated heterocycles. The van der Waals surface area contributed by atoms with Gasteiger partial charge in [-0.25, -0.2) is 4.90 Å². The zero-order chi connectivity index (χ0) is 19.2. The van der Waals surface area contributed by atoms with E-state index < -0.39 is 5.25 Å². The Labute approximate surface area is 162 Å². The molecule has 0 saturated carbocycles. The summed E-state index contributed by atoms with van der Waals surface area (Å²) in [6.07, 6.45) is 0.158. The molecule has 1 aliphatic heterocycles. The Bertz CT molecular complexity index is 837. The first kappa shape index (κ1) is 19.0. The van der Waals surface area contributed by atoms with Crippen molar-refractivity contribution < 1.29 is 14.3 Å². The lowest BCUT2D eigenvalue weighted by Gasteiger charge is -2.16. The topological polar surface area (TPSA) is 71.0 Å². The van der Waals surface area contributed by atoms with Gasteiger partial charge in [-0.2, -0.15) is 0 Å². The molecule has 2 amide bonds. The maximum atomic E-state index is 12.8. The second-order valence-electron chi connectivity index (χ2n) is 5.85. The number of nitrogens with one attached hydrogen (secondary N) is 1. The van der Waals surface area contributed by atoms with Gasteiger partial charge in [0, 0.05) is 18.7 Å². The number of imide groups is 1. The van der Waals surface area contributed by atoms with Crippen LogP contribution in [0.1, 0.15) is 13.3 Å². The highest BCUT2D eigenvalue weighted by molar-refractivity contribution is 8.15. The van der Waals surface area contributed by atoms with E-state index in [0.29, 0.717) is 17.4 Å². The molecule has 0 spiro atoms. The predicted molar refractivity (Wildman–Crippen MR) is 110 cm³/mol. The van der Waals surface area contributed by atoms with Crippen molar-refractivity contribution in [2.45, 2.75) is 18.6 Å². The smallest absolute Gasteiger partial charge is 0.247 e. The highest BCUT2D eigenvalue weighted by Gasteiger charge is 2.40. The Balaban J connectivity index is 1.72. The molecule has 3 rings (SSSR count). The third-order valence-electron chi connectivity index (χ3n) is 4.02. The molecule has 0 aliphatic carbocycles. The van der Waals surface area contributed by atoms with Gasteiger partial charge in [0.1, 0.15) is 11.0 Å². The van der Waals surface area contributed by atoms with Crippen molar-refractivity contribution >= 4 is 40.1 Å². The third kappa shape index (κ3) is 4.49. The van der Waals surface area contributed by atoms with E-state index in [-0.39, 0.29) is 18.2 Å². The standard InChI is InChI=1S/C20H21N3O3S/c1-3-21-20(22-14-9-11-16(26-2)12-10-14)27-17-13-18(24)23(19(17)25)15-7-5-4-6-8-15/h4-12,17H,3,13H2,1-2H3,(H,21,22). The number of amidine groups is 1. The third-order valence-corrected chi connectivity index (χ3v) is 5.12. The van der Waals surface area contributed by atoms with E-state index in [0.717, 1.165) is 11.4 Å². The number of methoxy groups -OCH3 is 1. The van der Waals surface area contributed by atoms with Crippen LogP contribution in [0.25, 0.3) is 0 Å². The van der Waals surface area contributed by atoms with Gasteiger partial charge in [0.05, 0.1) is 12.8 Å². The van der Waals surface area contributed by atoms with E-state index in [9.17, 15) is 9.59 Å². The zero-order valence-corrected chi connectivity index (χ0v) is 16.0. The average molecular weight is 383 g/mol. The van der Waals surface area contributed by atoms with E-state index in [1.165, 1.54) is 16.7 Å². The lowest BCUT2D eigenvalue weighted by Crippen LogP contribution is -2.31. The molecule has 0 radical (unpaired) electrons. The molecule has 1 unspecified atom stereocenters. The average Bonchev–Trinajstić information content (AvgIpc) is 2.96. The van der Waals surface area contributed by atoms with Gasteiger partial charge in [-0.3, -0.25) is 14.6 Å². The fraction of sp³-hybridized carbons (Fsp3) is 0.250. The summed E-state index contributed by atoms with van der Waals surface area (Å²) in [6, 6.07) is 16.4. The van der Waals surface area contributed by atoms with E-state index in [1.54, 1.807) is 19.2 Å². The minimum absolute atomic E-state index is 0.158. The van der Waals surface area contributed by atoms with E-state index in [4.69, 9.17) is 4.74 Å². The van der Waals surface area contributed by atoms with E-state index in [1.807, 2.05) is 49.4 Å². The summed E-state index contributed by atoms with van der Waals surface area (Å²) < 4.78 is 5.16. The van der Waals surface area contributed by atoms with Crippen molar-refractivity contribution in [3.63, 3.8) is 0 Å². The minimum Gasteiger partial charge on any atom is -0.497 e. The largest absolute Gasteiger partial charge is 0.497 e. The number of hydrogen-bond donors (Lipinski definition) is 1. The summed E-state index contributed by atoms with van der Waals surface area (Å²) in [5, 5.41) is 3.35. The Hall–Kier alpha value is -2.80. The fourth-order valence-corrected chi connectivity index (χ4v) is 3.81. The molecule has 1 N–H and O–H groups in total. The number of carbonyl (C=O) groups is 2. The van der Waals surface area contributed by atoms with Crippen molar-refractivity contribution in [2.24, 2.45) is 4.99 Å². The number of rotatable bonds is 5. The maximum Gasteiger partial charge on any atom is 0.247 e. The van der Waals surface area contributed by atoms with Crippen LogP contribution in [0.3, 0.4) is 0 Å². The molecule has 1 fully saturated rings. The summed E-state index contributed by atoms with van der Waals surface area (Å²) in [6.45, 7) is 2.50. The monoisotopic (exact) mass is 383 g/mol. The van der Waals surface area contributed by atoms with Crippen molar-refractivity contribution in [1.29, 1.82) is 0 Å². The number of carbonyl (C=O) groups excluding carboxylic acids is 2. The van der Waals surface area contributed by atoms with Crippen LogP contribution in [0, 0.1) is 0 Å². The summed E-state index contributed by atoms with van der Waals surface area (Å²) in [5.74, 6) is 0.359. The van der Waals surface area contributed by atoms with Crippen molar-refractivity contribution in [3.05, 3.63) is 54.6 Å². The fourth-order valence-electron chi connectivity index (χ4n) is 2.73. The SMILES string of the molecule is CCN=C(Nc1ccc(OC)cc1)SC1CC(=O)N(c2ccccc2)C1=O. The molecular weight excluding hydrogens is 362 g/mol. The van der Waals surface area contributed by atoms with Gasteiger partial charge >= 0.3 is 0 Å². The summed E-state index contributed by atoms with van der Waals surface area (Å²) in [7, 11) is 1.61. The molecule has 0 aromatic heterocycles. The van der Waals surface area contributed by atoms with Crippen LogP contribution in [0.2, 0.25) is 0 Å². The molecule has 1 aliphatic rings. The number of aliphatic imine (C=N–C) groups is 1. The van der Waals surface area contributed by atoms with Crippen LogP contribution in [-0.2, 0) is 9.59 Å². The number of para-hydroxylation sites is 1. The Morgan fingerprint density at radius 3 is 2.52 bits per heavy atom. The molecule has 27 heavy (non-hydrogen) atoms. The molecule has 140 valence electrons. The van der Waals surface area contributed by atoms with Gasteiger partial charge in [-0.15, -0.1) is 0 Å². The maximum absolute atomic E-state index is 12.8. The predicted octanol–water partition coefficient (Wildman–Crippen LogP) is 3.55. The van der Waals surface area contributed by atoms with Crippen LogP contribution in [0.5, 0.6) is 5.75 Å². The molecule has 0 bridgehead atoms. The van der Waals surface area contributed by atoms with Crippen LogP contribution < -0.4 is 15.0 Å². The van der Waals surface area contributed by atoms with Crippen molar-refractivity contribution in [1.82, 2.24) is 0 Å². The Morgan fingerprint density at radius 2 is 1.89 bits per heavy atom.